The van der Waals surface area contributed by atoms with Gasteiger partial charge in [0.15, 0.2) is 0 Å². The van der Waals surface area contributed by atoms with Gasteiger partial charge in [0, 0.05) is 6.42 Å². The van der Waals surface area contributed by atoms with Crippen molar-refractivity contribution in [3.05, 3.63) is 35.9 Å². The number of primary amides is 2. The molecule has 1 aromatic carbocycles. The van der Waals surface area contributed by atoms with Crippen molar-refractivity contribution in [3.63, 3.8) is 0 Å². The van der Waals surface area contributed by atoms with Crippen LogP contribution in [0, 0.1) is 0 Å². The summed E-state index contributed by atoms with van der Waals surface area (Å²) in [5.41, 5.74) is 16.7. The Labute approximate surface area is 167 Å². The van der Waals surface area contributed by atoms with Gasteiger partial charge in [-0.15, -0.1) is 0 Å². The second kappa shape index (κ2) is 11.4. The normalized spacial score (nSPS) is 13.6. The molecule has 1 rings (SSSR count). The molecule has 0 saturated carbocycles. The maximum absolute atomic E-state index is 12.4. The molecular formula is C18H25N5O6. The van der Waals surface area contributed by atoms with Crippen LogP contribution in [-0.2, 0) is 30.4 Å². The van der Waals surface area contributed by atoms with Gasteiger partial charge in [0.25, 0.3) is 0 Å². The lowest BCUT2D eigenvalue weighted by Crippen LogP contribution is -2.55. The van der Waals surface area contributed by atoms with Crippen LogP contribution in [0.25, 0.3) is 0 Å². The van der Waals surface area contributed by atoms with Crippen molar-refractivity contribution in [1.29, 1.82) is 0 Å². The number of carbonyl (C=O) groups is 5. The van der Waals surface area contributed by atoms with Crippen LogP contribution in [0.15, 0.2) is 30.3 Å². The van der Waals surface area contributed by atoms with Gasteiger partial charge in [-0.3, -0.25) is 19.2 Å². The molecule has 0 aliphatic heterocycles. The van der Waals surface area contributed by atoms with Gasteiger partial charge >= 0.3 is 5.97 Å². The number of carboxylic acid groups (broad SMARTS) is 1. The highest BCUT2D eigenvalue weighted by Gasteiger charge is 2.29. The van der Waals surface area contributed by atoms with Crippen LogP contribution in [0.3, 0.4) is 0 Å². The van der Waals surface area contributed by atoms with Gasteiger partial charge in [-0.1, -0.05) is 30.3 Å². The third-order valence-corrected chi connectivity index (χ3v) is 3.97. The smallest absolute Gasteiger partial charge is 0.326 e. The minimum Gasteiger partial charge on any atom is -0.480 e. The fourth-order valence-electron chi connectivity index (χ4n) is 2.47. The van der Waals surface area contributed by atoms with Crippen molar-refractivity contribution in [2.75, 3.05) is 0 Å². The number of carboxylic acids is 1. The molecular weight excluding hydrogens is 382 g/mol. The van der Waals surface area contributed by atoms with Crippen LogP contribution in [0.1, 0.15) is 24.8 Å². The number of hydrogen-bond donors (Lipinski definition) is 6. The van der Waals surface area contributed by atoms with E-state index in [0.29, 0.717) is 0 Å². The number of rotatable bonds is 12. The summed E-state index contributed by atoms with van der Waals surface area (Å²) < 4.78 is 0. The molecule has 0 fully saturated rings. The summed E-state index contributed by atoms with van der Waals surface area (Å²) >= 11 is 0. The van der Waals surface area contributed by atoms with Gasteiger partial charge in [-0.05, 0) is 18.4 Å². The summed E-state index contributed by atoms with van der Waals surface area (Å²) in [5, 5.41) is 13.6. The highest BCUT2D eigenvalue weighted by atomic mass is 16.4. The zero-order chi connectivity index (χ0) is 22.0. The fourth-order valence-corrected chi connectivity index (χ4v) is 2.47. The molecule has 11 nitrogen and oxygen atoms in total. The second-order valence-electron chi connectivity index (χ2n) is 6.43. The lowest BCUT2D eigenvalue weighted by Gasteiger charge is -2.22. The first kappa shape index (κ1) is 23.6. The Balaban J connectivity index is 2.82. The van der Waals surface area contributed by atoms with Crippen molar-refractivity contribution < 1.29 is 29.1 Å². The second-order valence-corrected chi connectivity index (χ2v) is 6.43. The molecule has 0 aromatic heterocycles. The number of aliphatic carboxylic acids is 1. The maximum Gasteiger partial charge on any atom is 0.326 e. The first-order chi connectivity index (χ1) is 13.6. The first-order valence-corrected chi connectivity index (χ1v) is 8.79. The van der Waals surface area contributed by atoms with E-state index in [1.165, 1.54) is 0 Å². The standard InChI is InChI=1S/C18H25N5O6/c19-11(8-10-4-2-1-3-5-10)16(26)22-12(6-7-14(20)24)17(27)23-13(18(28)29)9-15(21)25/h1-5,11-13H,6-9,19H2,(H2,20,24)(H2,21,25)(H,22,26)(H,23,27)(H,28,29)/t11-,12-,13-/m0/s1. The number of benzene rings is 1. The van der Waals surface area contributed by atoms with Gasteiger partial charge < -0.3 is 32.9 Å². The zero-order valence-electron chi connectivity index (χ0n) is 15.7. The average Bonchev–Trinajstić information content (AvgIpc) is 2.64. The lowest BCUT2D eigenvalue weighted by molar-refractivity contribution is -0.143. The topological polar surface area (TPSA) is 208 Å². The van der Waals surface area contributed by atoms with Crippen LogP contribution < -0.4 is 27.8 Å². The van der Waals surface area contributed by atoms with E-state index in [0.717, 1.165) is 5.56 Å². The molecule has 0 saturated heterocycles. The minimum atomic E-state index is -1.58. The number of hydrogen-bond acceptors (Lipinski definition) is 6. The van der Waals surface area contributed by atoms with Crippen molar-refractivity contribution in [2.45, 2.75) is 43.8 Å². The average molecular weight is 407 g/mol. The van der Waals surface area contributed by atoms with Gasteiger partial charge in [0.05, 0.1) is 12.5 Å². The predicted octanol–water partition coefficient (Wildman–Crippen LogP) is -2.25. The van der Waals surface area contributed by atoms with Crippen molar-refractivity contribution in [2.24, 2.45) is 17.2 Å². The zero-order valence-corrected chi connectivity index (χ0v) is 15.7. The quantitative estimate of drug-likeness (QED) is 0.224. The van der Waals surface area contributed by atoms with E-state index in [-0.39, 0.29) is 19.3 Å². The molecule has 0 aliphatic carbocycles. The van der Waals surface area contributed by atoms with Crippen LogP contribution >= 0.6 is 0 Å². The molecule has 0 radical (unpaired) electrons. The van der Waals surface area contributed by atoms with Gasteiger partial charge in [0.1, 0.15) is 12.1 Å². The summed E-state index contributed by atoms with van der Waals surface area (Å²) in [4.78, 5) is 58.0. The Morgan fingerprint density at radius 2 is 1.48 bits per heavy atom. The molecule has 1 aromatic rings. The minimum absolute atomic E-state index is 0.173. The molecule has 29 heavy (non-hydrogen) atoms. The molecule has 0 bridgehead atoms. The molecule has 0 unspecified atom stereocenters. The third kappa shape index (κ3) is 8.84. The van der Waals surface area contributed by atoms with E-state index < -0.39 is 54.1 Å². The van der Waals surface area contributed by atoms with E-state index in [2.05, 4.69) is 10.6 Å². The number of nitrogens with one attached hydrogen (secondary N) is 2. The maximum atomic E-state index is 12.4. The Morgan fingerprint density at radius 1 is 0.897 bits per heavy atom. The van der Waals surface area contributed by atoms with Gasteiger partial charge in [-0.2, -0.15) is 0 Å². The van der Waals surface area contributed by atoms with Crippen molar-refractivity contribution >= 4 is 29.6 Å². The van der Waals surface area contributed by atoms with Crippen LogP contribution in [0.2, 0.25) is 0 Å². The molecule has 0 aliphatic rings. The molecule has 3 atom stereocenters. The molecule has 4 amide bonds. The van der Waals surface area contributed by atoms with E-state index in [4.69, 9.17) is 22.3 Å². The van der Waals surface area contributed by atoms with Gasteiger partial charge in [0.2, 0.25) is 23.6 Å². The summed E-state index contributed by atoms with van der Waals surface area (Å²) in [6, 6.07) is 5.11. The summed E-state index contributed by atoms with van der Waals surface area (Å²) in [7, 11) is 0. The molecule has 0 heterocycles. The predicted molar refractivity (Wildman–Crippen MR) is 102 cm³/mol. The molecule has 11 heteroatoms. The summed E-state index contributed by atoms with van der Waals surface area (Å²) in [6.07, 6.45) is -0.838. The molecule has 158 valence electrons. The monoisotopic (exact) mass is 407 g/mol. The fraction of sp³-hybridized carbons (Fsp3) is 0.389. The van der Waals surface area contributed by atoms with Crippen molar-refractivity contribution in [1.82, 2.24) is 10.6 Å². The van der Waals surface area contributed by atoms with E-state index in [9.17, 15) is 24.0 Å². The summed E-state index contributed by atoms with van der Waals surface area (Å²) in [5.74, 6) is -4.68. The highest BCUT2D eigenvalue weighted by Crippen LogP contribution is 2.04. The SMILES string of the molecule is NC(=O)CC[C@H](NC(=O)[C@@H](N)Cc1ccccc1)C(=O)N[C@@H](CC(N)=O)C(=O)O. The van der Waals surface area contributed by atoms with E-state index >= 15 is 0 Å². The summed E-state index contributed by atoms with van der Waals surface area (Å²) in [6.45, 7) is 0. The van der Waals surface area contributed by atoms with Crippen molar-refractivity contribution in [3.8, 4) is 0 Å². The number of carbonyl (C=O) groups excluding carboxylic acids is 4. The number of amides is 4. The van der Waals surface area contributed by atoms with E-state index in [1.807, 2.05) is 6.07 Å². The molecule has 9 N–H and O–H groups in total. The highest BCUT2D eigenvalue weighted by molar-refractivity contribution is 5.93. The lowest BCUT2D eigenvalue weighted by atomic mass is 10.0. The number of nitrogens with two attached hydrogens (primary N) is 3. The Bertz CT molecular complexity index is 754. The van der Waals surface area contributed by atoms with Crippen LogP contribution in [0.5, 0.6) is 0 Å². The largest absolute Gasteiger partial charge is 0.480 e. The third-order valence-electron chi connectivity index (χ3n) is 3.97. The Hall–Kier alpha value is -3.47. The Kier molecular flexibility index (Phi) is 9.26. The van der Waals surface area contributed by atoms with E-state index in [1.54, 1.807) is 24.3 Å². The Morgan fingerprint density at radius 3 is 2.00 bits per heavy atom. The van der Waals surface area contributed by atoms with Crippen LogP contribution in [-0.4, -0.2) is 52.8 Å². The van der Waals surface area contributed by atoms with Crippen LogP contribution in [0.4, 0.5) is 0 Å². The first-order valence-electron chi connectivity index (χ1n) is 8.79. The molecule has 0 spiro atoms. The van der Waals surface area contributed by atoms with Gasteiger partial charge in [-0.25, -0.2) is 4.79 Å².